The minimum atomic E-state index is 0.672. The van der Waals surface area contributed by atoms with E-state index in [1.807, 2.05) is 30.3 Å². The van der Waals surface area contributed by atoms with Gasteiger partial charge in [-0.15, -0.1) is 11.3 Å². The number of hydrogen-bond donors (Lipinski definition) is 2. The van der Waals surface area contributed by atoms with Crippen molar-refractivity contribution in [3.63, 3.8) is 0 Å². The van der Waals surface area contributed by atoms with Gasteiger partial charge in [0, 0.05) is 8.95 Å². The molecule has 0 bridgehead atoms. The van der Waals surface area contributed by atoms with Gasteiger partial charge in [0.05, 0.1) is 27.3 Å². The van der Waals surface area contributed by atoms with Crippen molar-refractivity contribution in [1.29, 1.82) is 0 Å². The molecule has 0 saturated heterocycles. The van der Waals surface area contributed by atoms with Crippen LogP contribution in [0.2, 0.25) is 0 Å². The number of nitrogens with one attached hydrogen (secondary N) is 1. The highest BCUT2D eigenvalue weighted by molar-refractivity contribution is 9.11. The Hall–Kier alpha value is -1.11. The third kappa shape index (κ3) is 2.48. The van der Waals surface area contributed by atoms with Crippen LogP contribution < -0.4 is 11.1 Å². The van der Waals surface area contributed by atoms with E-state index in [0.717, 1.165) is 30.5 Å². The fourth-order valence-corrected chi connectivity index (χ4v) is 3.20. The smallest absolute Gasteiger partial charge is 0.106 e. The number of aromatic nitrogens is 1. The molecule has 0 aliphatic heterocycles. The highest BCUT2D eigenvalue weighted by Gasteiger charge is 2.08. The van der Waals surface area contributed by atoms with Gasteiger partial charge in [0.2, 0.25) is 0 Å². The summed E-state index contributed by atoms with van der Waals surface area (Å²) in [7, 11) is 0. The second kappa shape index (κ2) is 5.11. The summed E-state index contributed by atoms with van der Waals surface area (Å²) in [5.74, 6) is 0. The number of nitrogens with zero attached hydrogens (tertiary/aromatic N) is 1. The summed E-state index contributed by atoms with van der Waals surface area (Å²) in [6.07, 6.45) is 0. The van der Waals surface area contributed by atoms with Crippen molar-refractivity contribution in [2.24, 2.45) is 0 Å². The number of hydrogen-bond acceptors (Lipinski definition) is 4. The van der Waals surface area contributed by atoms with Gasteiger partial charge in [0.15, 0.2) is 0 Å². The van der Waals surface area contributed by atoms with Crippen molar-refractivity contribution in [3.05, 3.63) is 44.8 Å². The van der Waals surface area contributed by atoms with E-state index in [4.69, 9.17) is 5.73 Å². The Morgan fingerprint density at radius 3 is 2.79 bits per heavy atom. The maximum atomic E-state index is 6.15. The molecule has 6 heteroatoms. The predicted molar refractivity (Wildman–Crippen MR) is 89.2 cm³/mol. The molecule has 3 rings (SSSR count). The van der Waals surface area contributed by atoms with Crippen LogP contribution in [0.15, 0.2) is 44.8 Å². The van der Waals surface area contributed by atoms with Crippen molar-refractivity contribution >= 4 is 70.5 Å². The Morgan fingerprint density at radius 1 is 1.11 bits per heavy atom. The normalized spacial score (nSPS) is 10.8. The Morgan fingerprint density at radius 2 is 1.95 bits per heavy atom. The van der Waals surface area contributed by atoms with E-state index in [2.05, 4.69) is 42.2 Å². The van der Waals surface area contributed by atoms with Crippen LogP contribution in [-0.2, 0) is 0 Å². The Labute approximate surface area is 131 Å². The van der Waals surface area contributed by atoms with Crippen LogP contribution >= 0.6 is 43.2 Å². The van der Waals surface area contributed by atoms with Gasteiger partial charge in [-0.1, -0.05) is 15.9 Å². The molecule has 0 aliphatic rings. The zero-order chi connectivity index (χ0) is 13.4. The van der Waals surface area contributed by atoms with Gasteiger partial charge in [0.25, 0.3) is 0 Å². The summed E-state index contributed by atoms with van der Waals surface area (Å²) in [6, 6.07) is 9.95. The number of halogens is 2. The first-order valence-electron chi connectivity index (χ1n) is 5.49. The molecule has 3 nitrogen and oxygen atoms in total. The van der Waals surface area contributed by atoms with Crippen molar-refractivity contribution in [3.8, 4) is 0 Å². The Bertz CT molecular complexity index is 755. The fraction of sp³-hybridized carbons (Fsp3) is 0. The molecule has 2 aromatic carbocycles. The molecule has 0 amide bonds. The highest BCUT2D eigenvalue weighted by Crippen LogP contribution is 2.34. The number of nitrogens with two attached hydrogens (primary N) is 1. The number of anilines is 3. The molecule has 0 unspecified atom stereocenters. The number of fused-ring (bicyclic) bond motifs is 1. The van der Waals surface area contributed by atoms with Crippen molar-refractivity contribution in [2.45, 2.75) is 0 Å². The van der Waals surface area contributed by atoms with E-state index in [1.165, 1.54) is 0 Å². The van der Waals surface area contributed by atoms with E-state index in [-0.39, 0.29) is 0 Å². The predicted octanol–water partition coefficient (Wildman–Crippen LogP) is 5.15. The molecule has 0 aliphatic carbocycles. The lowest BCUT2D eigenvalue weighted by atomic mass is 10.2. The topological polar surface area (TPSA) is 50.9 Å². The molecule has 0 radical (unpaired) electrons. The van der Waals surface area contributed by atoms with Crippen molar-refractivity contribution in [2.75, 3.05) is 11.1 Å². The summed E-state index contributed by atoms with van der Waals surface area (Å²) in [4.78, 5) is 4.29. The van der Waals surface area contributed by atoms with E-state index < -0.39 is 0 Å². The summed E-state index contributed by atoms with van der Waals surface area (Å²) in [5, 5.41) is 3.33. The molecule has 0 atom stereocenters. The maximum Gasteiger partial charge on any atom is 0.106 e. The molecule has 1 heterocycles. The van der Waals surface area contributed by atoms with Crippen LogP contribution in [0.1, 0.15) is 0 Å². The van der Waals surface area contributed by atoms with Crippen molar-refractivity contribution < 1.29 is 0 Å². The zero-order valence-electron chi connectivity index (χ0n) is 9.65. The molecular weight excluding hydrogens is 390 g/mol. The molecule has 3 aromatic rings. The third-order valence-corrected chi connectivity index (χ3v) is 4.72. The molecule has 0 fully saturated rings. The Balaban J connectivity index is 2.05. The number of benzene rings is 2. The first-order valence-corrected chi connectivity index (χ1v) is 7.95. The monoisotopic (exact) mass is 397 g/mol. The quantitative estimate of drug-likeness (QED) is 0.587. The van der Waals surface area contributed by atoms with Crippen LogP contribution in [0, 0.1) is 0 Å². The SMILES string of the molecule is Nc1c(Nc2cc(Br)ccc2Br)ccc2scnc12. The number of thiazole rings is 1. The van der Waals surface area contributed by atoms with Crippen LogP contribution in [0.25, 0.3) is 10.2 Å². The summed E-state index contributed by atoms with van der Waals surface area (Å²) in [6.45, 7) is 0. The second-order valence-corrected chi connectivity index (χ2v) is 6.63. The fourth-order valence-electron chi connectivity index (χ4n) is 1.80. The molecular formula is C13H9Br2N3S. The summed E-state index contributed by atoms with van der Waals surface area (Å²) < 4.78 is 3.08. The largest absolute Gasteiger partial charge is 0.395 e. The average Bonchev–Trinajstić information content (AvgIpc) is 2.86. The molecule has 0 spiro atoms. The van der Waals surface area contributed by atoms with Crippen LogP contribution in [0.4, 0.5) is 17.1 Å². The van der Waals surface area contributed by atoms with Gasteiger partial charge in [-0.3, -0.25) is 0 Å². The number of rotatable bonds is 2. The first kappa shape index (κ1) is 12.9. The van der Waals surface area contributed by atoms with Gasteiger partial charge in [-0.05, 0) is 46.3 Å². The lowest BCUT2D eigenvalue weighted by Crippen LogP contribution is -1.97. The molecule has 1 aromatic heterocycles. The lowest BCUT2D eigenvalue weighted by Gasteiger charge is -2.11. The summed E-state index contributed by atoms with van der Waals surface area (Å²) >= 11 is 8.56. The van der Waals surface area contributed by atoms with Crippen LogP contribution in [-0.4, -0.2) is 4.98 Å². The summed E-state index contributed by atoms with van der Waals surface area (Å²) in [5.41, 5.74) is 11.3. The first-order chi connectivity index (χ1) is 9.15. The van der Waals surface area contributed by atoms with Gasteiger partial charge in [0.1, 0.15) is 5.52 Å². The van der Waals surface area contributed by atoms with Crippen molar-refractivity contribution in [1.82, 2.24) is 4.98 Å². The minimum Gasteiger partial charge on any atom is -0.395 e. The lowest BCUT2D eigenvalue weighted by molar-refractivity contribution is 1.48. The van der Waals surface area contributed by atoms with Gasteiger partial charge >= 0.3 is 0 Å². The third-order valence-electron chi connectivity index (χ3n) is 2.74. The van der Waals surface area contributed by atoms with E-state index in [9.17, 15) is 0 Å². The highest BCUT2D eigenvalue weighted by atomic mass is 79.9. The van der Waals surface area contributed by atoms with Gasteiger partial charge in [-0.25, -0.2) is 4.98 Å². The zero-order valence-corrected chi connectivity index (χ0v) is 13.6. The minimum absolute atomic E-state index is 0.672. The molecule has 3 N–H and O–H groups in total. The average molecular weight is 399 g/mol. The van der Waals surface area contributed by atoms with E-state index in [1.54, 1.807) is 16.8 Å². The van der Waals surface area contributed by atoms with E-state index in [0.29, 0.717) is 5.69 Å². The molecule has 0 saturated carbocycles. The number of nitrogen functional groups attached to an aromatic ring is 1. The molecule has 96 valence electrons. The second-order valence-electron chi connectivity index (χ2n) is 3.98. The van der Waals surface area contributed by atoms with Gasteiger partial charge < -0.3 is 11.1 Å². The Kier molecular flexibility index (Phi) is 3.47. The standard InChI is InChI=1S/C13H9Br2N3S/c14-7-1-2-8(15)10(5-7)18-9-3-4-11-13(12(9)16)17-6-19-11/h1-6,18H,16H2. The van der Waals surface area contributed by atoms with Gasteiger partial charge in [-0.2, -0.15) is 0 Å². The van der Waals surface area contributed by atoms with E-state index >= 15 is 0 Å². The van der Waals surface area contributed by atoms with Crippen LogP contribution in [0.5, 0.6) is 0 Å². The maximum absolute atomic E-state index is 6.15. The van der Waals surface area contributed by atoms with Crippen LogP contribution in [0.3, 0.4) is 0 Å². The molecule has 19 heavy (non-hydrogen) atoms.